The molecule has 0 aliphatic carbocycles. The first kappa shape index (κ1) is 20.6. The summed E-state index contributed by atoms with van der Waals surface area (Å²) in [6.45, 7) is 2.89. The fourth-order valence-corrected chi connectivity index (χ4v) is 3.55. The van der Waals surface area contributed by atoms with E-state index in [1.165, 1.54) is 29.1 Å². The van der Waals surface area contributed by atoms with E-state index in [1.807, 2.05) is 0 Å². The van der Waals surface area contributed by atoms with Crippen molar-refractivity contribution in [3.8, 4) is 5.69 Å². The summed E-state index contributed by atoms with van der Waals surface area (Å²) in [7, 11) is 0. The van der Waals surface area contributed by atoms with Crippen molar-refractivity contribution in [2.75, 3.05) is 13.1 Å². The lowest BCUT2D eigenvalue weighted by molar-refractivity contribution is -0.128. The van der Waals surface area contributed by atoms with Crippen LogP contribution in [-0.2, 0) is 11.3 Å². The average molecular weight is 425 g/mol. The van der Waals surface area contributed by atoms with Crippen molar-refractivity contribution in [3.63, 3.8) is 0 Å². The predicted molar refractivity (Wildman–Crippen MR) is 108 cm³/mol. The molecule has 9 heteroatoms. The van der Waals surface area contributed by atoms with Gasteiger partial charge in [0.05, 0.1) is 11.9 Å². The highest BCUT2D eigenvalue weighted by molar-refractivity contribution is 5.92. The van der Waals surface area contributed by atoms with Crippen LogP contribution in [0.4, 0.5) is 8.78 Å². The summed E-state index contributed by atoms with van der Waals surface area (Å²) < 4.78 is 27.9. The highest BCUT2D eigenvalue weighted by Crippen LogP contribution is 2.20. The van der Waals surface area contributed by atoms with E-state index < -0.39 is 5.91 Å². The third-order valence-corrected chi connectivity index (χ3v) is 5.26. The van der Waals surface area contributed by atoms with E-state index in [9.17, 15) is 18.4 Å². The van der Waals surface area contributed by atoms with E-state index in [0.717, 1.165) is 5.56 Å². The second-order valence-electron chi connectivity index (χ2n) is 7.66. The lowest BCUT2D eigenvalue weighted by Gasteiger charge is -2.17. The maximum atomic E-state index is 13.4. The molecule has 1 fully saturated rings. The molecule has 1 aliphatic rings. The Morgan fingerprint density at radius 3 is 2.71 bits per heavy atom. The van der Waals surface area contributed by atoms with Crippen LogP contribution in [0.2, 0.25) is 0 Å². The number of nitrogens with one attached hydrogen (secondary N) is 1. The standard InChI is InChI=1S/C22H21F2N5O2/c1-14-8-18(6-7-19(14)24)29-13-20(26-27-29)22(31)25-10-16-9-21(30)28(12-16)11-15-2-4-17(23)5-3-15/h2-8,13,16H,9-12H2,1H3,(H,25,31). The van der Waals surface area contributed by atoms with Crippen LogP contribution >= 0.6 is 0 Å². The van der Waals surface area contributed by atoms with Gasteiger partial charge in [-0.15, -0.1) is 5.10 Å². The SMILES string of the molecule is Cc1cc(-n2cc(C(=O)NCC3CC(=O)N(Cc4ccc(F)cc4)C3)nn2)ccc1F. The maximum Gasteiger partial charge on any atom is 0.273 e. The van der Waals surface area contributed by atoms with Gasteiger partial charge in [-0.1, -0.05) is 17.3 Å². The monoisotopic (exact) mass is 425 g/mol. The number of carbonyl (C=O) groups excluding carboxylic acids is 2. The molecule has 2 aromatic carbocycles. The summed E-state index contributed by atoms with van der Waals surface area (Å²) in [5, 5.41) is 10.6. The van der Waals surface area contributed by atoms with Crippen molar-refractivity contribution in [1.82, 2.24) is 25.2 Å². The topological polar surface area (TPSA) is 80.1 Å². The van der Waals surface area contributed by atoms with Crippen molar-refractivity contribution in [2.45, 2.75) is 19.9 Å². The number of aromatic nitrogens is 3. The molecular formula is C22H21F2N5O2. The van der Waals surface area contributed by atoms with Crippen LogP contribution in [-0.4, -0.2) is 44.8 Å². The molecular weight excluding hydrogens is 404 g/mol. The number of nitrogens with zero attached hydrogens (tertiary/aromatic N) is 4. The molecule has 1 atom stereocenters. The fourth-order valence-electron chi connectivity index (χ4n) is 3.55. The van der Waals surface area contributed by atoms with Gasteiger partial charge in [0, 0.05) is 32.0 Å². The van der Waals surface area contributed by atoms with Crippen LogP contribution in [0.1, 0.15) is 28.0 Å². The minimum atomic E-state index is -0.394. The molecule has 0 spiro atoms. The van der Waals surface area contributed by atoms with Gasteiger partial charge in [-0.05, 0) is 48.4 Å². The Hall–Kier alpha value is -3.62. The van der Waals surface area contributed by atoms with Gasteiger partial charge >= 0.3 is 0 Å². The van der Waals surface area contributed by atoms with E-state index in [2.05, 4.69) is 15.6 Å². The third kappa shape index (κ3) is 4.76. The minimum absolute atomic E-state index is 0.00111. The lowest BCUT2D eigenvalue weighted by Crippen LogP contribution is -2.31. The first-order valence-corrected chi connectivity index (χ1v) is 9.88. The molecule has 2 heterocycles. The quantitative estimate of drug-likeness (QED) is 0.659. The maximum absolute atomic E-state index is 13.4. The molecule has 1 unspecified atom stereocenters. The first-order chi connectivity index (χ1) is 14.9. The Bertz CT molecular complexity index is 1110. The van der Waals surface area contributed by atoms with Gasteiger partial charge in [-0.2, -0.15) is 0 Å². The molecule has 0 saturated carbocycles. The van der Waals surface area contributed by atoms with Crippen molar-refractivity contribution in [3.05, 3.63) is 77.1 Å². The van der Waals surface area contributed by atoms with Gasteiger partial charge in [-0.25, -0.2) is 13.5 Å². The number of halogens is 2. The van der Waals surface area contributed by atoms with Crippen LogP contribution in [0.3, 0.4) is 0 Å². The van der Waals surface area contributed by atoms with E-state index in [1.54, 1.807) is 36.1 Å². The Labute approximate surface area is 177 Å². The summed E-state index contributed by atoms with van der Waals surface area (Å²) in [5.74, 6) is -1.05. The molecule has 7 nitrogen and oxygen atoms in total. The van der Waals surface area contributed by atoms with Crippen molar-refractivity contribution in [1.29, 1.82) is 0 Å². The van der Waals surface area contributed by atoms with E-state index in [-0.39, 0.29) is 29.2 Å². The molecule has 1 saturated heterocycles. The number of aryl methyl sites for hydroxylation is 1. The molecule has 160 valence electrons. The number of rotatable bonds is 6. The zero-order valence-electron chi connectivity index (χ0n) is 16.9. The summed E-state index contributed by atoms with van der Waals surface area (Å²) in [6, 6.07) is 10.6. The average Bonchev–Trinajstić information content (AvgIpc) is 3.37. The number of hydrogen-bond acceptors (Lipinski definition) is 4. The molecule has 1 aromatic heterocycles. The smallest absolute Gasteiger partial charge is 0.273 e. The van der Waals surface area contributed by atoms with Crippen LogP contribution in [0.5, 0.6) is 0 Å². The Balaban J connectivity index is 1.32. The Morgan fingerprint density at radius 2 is 1.97 bits per heavy atom. The van der Waals surface area contributed by atoms with Gasteiger partial charge in [0.1, 0.15) is 11.6 Å². The van der Waals surface area contributed by atoms with Crippen molar-refractivity contribution in [2.24, 2.45) is 5.92 Å². The second kappa shape index (κ2) is 8.63. The molecule has 3 aromatic rings. The number of likely N-dealkylation sites (tertiary alicyclic amines) is 1. The molecule has 4 rings (SSSR count). The Kier molecular flexibility index (Phi) is 5.75. The summed E-state index contributed by atoms with van der Waals surface area (Å²) in [5.41, 5.74) is 2.06. The number of carbonyl (C=O) groups is 2. The van der Waals surface area contributed by atoms with E-state index in [0.29, 0.717) is 37.3 Å². The van der Waals surface area contributed by atoms with Crippen LogP contribution in [0, 0.1) is 24.5 Å². The lowest BCUT2D eigenvalue weighted by atomic mass is 10.1. The molecule has 1 N–H and O–H groups in total. The zero-order chi connectivity index (χ0) is 22.0. The van der Waals surface area contributed by atoms with Gasteiger partial charge < -0.3 is 10.2 Å². The fraction of sp³-hybridized carbons (Fsp3) is 0.273. The van der Waals surface area contributed by atoms with Gasteiger partial charge in [0.2, 0.25) is 5.91 Å². The minimum Gasteiger partial charge on any atom is -0.350 e. The van der Waals surface area contributed by atoms with Crippen LogP contribution in [0.25, 0.3) is 5.69 Å². The Morgan fingerprint density at radius 1 is 1.19 bits per heavy atom. The normalized spacial score (nSPS) is 16.0. The number of amides is 2. The molecule has 31 heavy (non-hydrogen) atoms. The van der Waals surface area contributed by atoms with Crippen LogP contribution in [0.15, 0.2) is 48.7 Å². The first-order valence-electron chi connectivity index (χ1n) is 9.88. The summed E-state index contributed by atoms with van der Waals surface area (Å²) >= 11 is 0. The summed E-state index contributed by atoms with van der Waals surface area (Å²) in [6.07, 6.45) is 1.81. The molecule has 0 bridgehead atoms. The van der Waals surface area contributed by atoms with Gasteiger partial charge in [0.25, 0.3) is 5.91 Å². The number of benzene rings is 2. The van der Waals surface area contributed by atoms with Crippen molar-refractivity contribution >= 4 is 11.8 Å². The third-order valence-electron chi connectivity index (χ3n) is 5.26. The van der Waals surface area contributed by atoms with E-state index in [4.69, 9.17) is 0 Å². The zero-order valence-corrected chi connectivity index (χ0v) is 16.9. The van der Waals surface area contributed by atoms with Gasteiger partial charge in [-0.3, -0.25) is 9.59 Å². The highest BCUT2D eigenvalue weighted by atomic mass is 19.1. The van der Waals surface area contributed by atoms with Crippen LogP contribution < -0.4 is 5.32 Å². The summed E-state index contributed by atoms with van der Waals surface area (Å²) in [4.78, 5) is 26.4. The number of hydrogen-bond donors (Lipinski definition) is 1. The second-order valence-corrected chi connectivity index (χ2v) is 7.66. The van der Waals surface area contributed by atoms with Gasteiger partial charge in [0.15, 0.2) is 5.69 Å². The predicted octanol–water partition coefficient (Wildman–Crippen LogP) is 2.63. The molecule has 1 aliphatic heterocycles. The largest absolute Gasteiger partial charge is 0.350 e. The molecule has 2 amide bonds. The molecule has 0 radical (unpaired) electrons. The van der Waals surface area contributed by atoms with E-state index >= 15 is 0 Å². The highest BCUT2D eigenvalue weighted by Gasteiger charge is 2.30. The van der Waals surface area contributed by atoms with Crippen molar-refractivity contribution < 1.29 is 18.4 Å².